The summed E-state index contributed by atoms with van der Waals surface area (Å²) < 4.78 is 0. The molecule has 1 heteroatoms. The molecular formula is C17H20Si. The van der Waals surface area contributed by atoms with Gasteiger partial charge in [0.2, 0.25) is 0 Å². The standard InChI is InChI=1S/C17H20Si/c1-18(2,15-9-4-3-5-10-15)17-13-12-14-8-6-7-11-16(14)17/h3-11,17H,12-13H2,1-2H3. The molecule has 0 saturated heterocycles. The molecule has 0 aromatic heterocycles. The van der Waals surface area contributed by atoms with Crippen molar-refractivity contribution in [3.63, 3.8) is 0 Å². The average molecular weight is 252 g/mol. The van der Waals surface area contributed by atoms with Crippen molar-refractivity contribution in [2.24, 2.45) is 0 Å². The molecule has 18 heavy (non-hydrogen) atoms. The van der Waals surface area contributed by atoms with E-state index in [-0.39, 0.29) is 0 Å². The lowest BCUT2D eigenvalue weighted by molar-refractivity contribution is 0.853. The first kappa shape index (κ1) is 11.7. The first-order valence-electron chi connectivity index (χ1n) is 6.83. The van der Waals surface area contributed by atoms with E-state index in [1.165, 1.54) is 12.8 Å². The predicted octanol–water partition coefficient (Wildman–Crippen LogP) is 3.87. The van der Waals surface area contributed by atoms with E-state index >= 15 is 0 Å². The summed E-state index contributed by atoms with van der Waals surface area (Å²) in [6, 6.07) is 20.2. The number of aryl methyl sites for hydroxylation is 1. The summed E-state index contributed by atoms with van der Waals surface area (Å²) in [4.78, 5) is 0. The number of hydrogen-bond donors (Lipinski definition) is 0. The van der Waals surface area contributed by atoms with Crippen LogP contribution in [0.1, 0.15) is 23.1 Å². The Kier molecular flexibility index (Phi) is 2.87. The van der Waals surface area contributed by atoms with E-state index in [1.807, 2.05) is 0 Å². The zero-order chi connectivity index (χ0) is 12.6. The van der Waals surface area contributed by atoms with Crippen LogP contribution >= 0.6 is 0 Å². The Balaban J connectivity index is 2.02. The van der Waals surface area contributed by atoms with Gasteiger partial charge in [0.25, 0.3) is 0 Å². The summed E-state index contributed by atoms with van der Waals surface area (Å²) in [5.41, 5.74) is 3.99. The van der Waals surface area contributed by atoms with Gasteiger partial charge in [-0.2, -0.15) is 0 Å². The SMILES string of the molecule is C[Si](C)(c1ccccc1)C1CCc2ccccc21. The number of hydrogen-bond acceptors (Lipinski definition) is 0. The third-order valence-electron chi connectivity index (χ3n) is 4.52. The van der Waals surface area contributed by atoms with Crippen molar-refractivity contribution < 1.29 is 0 Å². The maximum absolute atomic E-state index is 2.52. The largest absolute Gasteiger partial charge is 0.0880 e. The van der Waals surface area contributed by atoms with Gasteiger partial charge in [-0.05, 0) is 29.5 Å². The Morgan fingerprint density at radius 3 is 2.33 bits per heavy atom. The maximum atomic E-state index is 2.52. The van der Waals surface area contributed by atoms with Crippen LogP contribution in [-0.4, -0.2) is 8.07 Å². The number of fused-ring (bicyclic) bond motifs is 1. The van der Waals surface area contributed by atoms with Gasteiger partial charge in [-0.1, -0.05) is 72.9 Å². The molecule has 1 aliphatic carbocycles. The van der Waals surface area contributed by atoms with E-state index in [0.717, 1.165) is 5.54 Å². The van der Waals surface area contributed by atoms with Gasteiger partial charge in [-0.15, -0.1) is 0 Å². The van der Waals surface area contributed by atoms with E-state index < -0.39 is 8.07 Å². The molecule has 2 aromatic rings. The van der Waals surface area contributed by atoms with Crippen LogP contribution in [0.15, 0.2) is 54.6 Å². The zero-order valence-corrected chi connectivity index (χ0v) is 12.2. The first-order valence-corrected chi connectivity index (χ1v) is 9.90. The van der Waals surface area contributed by atoms with Crippen LogP contribution in [0.2, 0.25) is 13.1 Å². The monoisotopic (exact) mass is 252 g/mol. The quantitative estimate of drug-likeness (QED) is 0.712. The Labute approximate surface area is 111 Å². The first-order chi connectivity index (χ1) is 8.69. The van der Waals surface area contributed by atoms with E-state index in [4.69, 9.17) is 0 Å². The molecule has 0 radical (unpaired) electrons. The van der Waals surface area contributed by atoms with Gasteiger partial charge in [0.05, 0.1) is 8.07 Å². The number of rotatable bonds is 2. The van der Waals surface area contributed by atoms with Gasteiger partial charge in [0.1, 0.15) is 0 Å². The third-order valence-corrected chi connectivity index (χ3v) is 8.69. The fraction of sp³-hybridized carbons (Fsp3) is 0.294. The minimum atomic E-state index is -1.40. The van der Waals surface area contributed by atoms with Gasteiger partial charge < -0.3 is 0 Å². The Hall–Kier alpha value is -1.34. The molecule has 3 rings (SSSR count). The highest BCUT2D eigenvalue weighted by molar-refractivity contribution is 6.91. The van der Waals surface area contributed by atoms with Crippen LogP contribution in [-0.2, 0) is 6.42 Å². The van der Waals surface area contributed by atoms with E-state index in [0.29, 0.717) is 0 Å². The topological polar surface area (TPSA) is 0 Å². The normalized spacial score (nSPS) is 18.7. The number of benzene rings is 2. The van der Waals surface area contributed by atoms with Gasteiger partial charge in [0.15, 0.2) is 0 Å². The Morgan fingerprint density at radius 2 is 1.56 bits per heavy atom. The summed E-state index contributed by atoms with van der Waals surface area (Å²) in [6.45, 7) is 5.05. The minimum Gasteiger partial charge on any atom is -0.0650 e. The average Bonchev–Trinajstić information content (AvgIpc) is 2.84. The fourth-order valence-electron chi connectivity index (χ4n) is 3.38. The fourth-order valence-corrected chi connectivity index (χ4v) is 6.75. The van der Waals surface area contributed by atoms with E-state index in [9.17, 15) is 0 Å². The van der Waals surface area contributed by atoms with Gasteiger partial charge in [-0.25, -0.2) is 0 Å². The lowest BCUT2D eigenvalue weighted by atomic mass is 10.1. The van der Waals surface area contributed by atoms with Crippen LogP contribution in [0, 0.1) is 0 Å². The van der Waals surface area contributed by atoms with Gasteiger partial charge >= 0.3 is 0 Å². The van der Waals surface area contributed by atoms with Crippen LogP contribution in [0.4, 0.5) is 0 Å². The second-order valence-corrected chi connectivity index (χ2v) is 10.6. The summed E-state index contributed by atoms with van der Waals surface area (Å²) in [7, 11) is -1.40. The predicted molar refractivity (Wildman–Crippen MR) is 81.1 cm³/mol. The zero-order valence-electron chi connectivity index (χ0n) is 11.2. The minimum absolute atomic E-state index is 0.788. The highest BCUT2D eigenvalue weighted by Gasteiger charge is 2.38. The second kappa shape index (κ2) is 4.40. The molecule has 0 nitrogen and oxygen atoms in total. The van der Waals surface area contributed by atoms with E-state index in [1.54, 1.807) is 16.3 Å². The molecule has 0 N–H and O–H groups in total. The molecule has 0 heterocycles. The molecule has 92 valence electrons. The molecule has 0 aliphatic heterocycles. The summed E-state index contributed by atoms with van der Waals surface area (Å²) in [6.07, 6.45) is 2.61. The maximum Gasteiger partial charge on any atom is 0.0880 e. The molecule has 0 spiro atoms. The molecule has 0 fully saturated rings. The van der Waals surface area contributed by atoms with Crippen molar-refractivity contribution in [2.75, 3.05) is 0 Å². The highest BCUT2D eigenvalue weighted by Crippen LogP contribution is 2.39. The molecule has 2 aromatic carbocycles. The lowest BCUT2D eigenvalue weighted by Gasteiger charge is -2.31. The lowest BCUT2D eigenvalue weighted by Crippen LogP contribution is -2.46. The van der Waals surface area contributed by atoms with Crippen molar-refractivity contribution in [3.8, 4) is 0 Å². The Bertz CT molecular complexity index is 543. The smallest absolute Gasteiger partial charge is 0.0650 e. The molecule has 1 aliphatic rings. The van der Waals surface area contributed by atoms with Crippen molar-refractivity contribution in [3.05, 3.63) is 65.7 Å². The second-order valence-electron chi connectivity index (χ2n) is 5.88. The third kappa shape index (κ3) is 1.83. The summed E-state index contributed by atoms with van der Waals surface area (Å²) in [5.74, 6) is 0. The van der Waals surface area contributed by atoms with Crippen molar-refractivity contribution >= 4 is 13.3 Å². The van der Waals surface area contributed by atoms with Crippen LogP contribution in [0.5, 0.6) is 0 Å². The molecule has 0 saturated carbocycles. The van der Waals surface area contributed by atoms with Crippen LogP contribution < -0.4 is 5.19 Å². The van der Waals surface area contributed by atoms with Gasteiger partial charge in [0, 0.05) is 0 Å². The van der Waals surface area contributed by atoms with Crippen molar-refractivity contribution in [2.45, 2.75) is 31.5 Å². The van der Waals surface area contributed by atoms with Crippen molar-refractivity contribution in [1.29, 1.82) is 0 Å². The molecular weight excluding hydrogens is 232 g/mol. The van der Waals surface area contributed by atoms with Crippen molar-refractivity contribution in [1.82, 2.24) is 0 Å². The molecule has 1 atom stereocenters. The van der Waals surface area contributed by atoms with Crippen LogP contribution in [0.3, 0.4) is 0 Å². The Morgan fingerprint density at radius 1 is 0.889 bits per heavy atom. The summed E-state index contributed by atoms with van der Waals surface area (Å²) in [5, 5.41) is 1.59. The van der Waals surface area contributed by atoms with Crippen LogP contribution in [0.25, 0.3) is 0 Å². The van der Waals surface area contributed by atoms with E-state index in [2.05, 4.69) is 67.7 Å². The molecule has 0 bridgehead atoms. The highest BCUT2D eigenvalue weighted by atomic mass is 28.3. The molecule has 0 amide bonds. The van der Waals surface area contributed by atoms with Gasteiger partial charge in [-0.3, -0.25) is 0 Å². The molecule has 1 unspecified atom stereocenters. The summed E-state index contributed by atoms with van der Waals surface area (Å²) >= 11 is 0.